The number of carboxylic acids is 1. The molecule has 280 valence electrons. The second-order valence-corrected chi connectivity index (χ2v) is 10.7. The van der Waals surface area contributed by atoms with Gasteiger partial charge in [-0.15, -0.1) is 4.91 Å². The lowest BCUT2D eigenvalue weighted by molar-refractivity contribution is -0.147. The van der Waals surface area contributed by atoms with Crippen LogP contribution in [0.2, 0.25) is 0 Å². The third-order valence-electron chi connectivity index (χ3n) is 6.25. The summed E-state index contributed by atoms with van der Waals surface area (Å²) in [5.41, 5.74) is -0.704. The molecular weight excluding hydrogens is 657 g/mol. The molecule has 0 aliphatic heterocycles. The van der Waals surface area contributed by atoms with Crippen LogP contribution in [-0.4, -0.2) is 78.7 Å². The molecule has 1 saturated carbocycles. The van der Waals surface area contributed by atoms with E-state index in [4.69, 9.17) is 19.3 Å². The summed E-state index contributed by atoms with van der Waals surface area (Å²) < 4.78 is 52.6. The molecule has 1 aromatic rings. The van der Waals surface area contributed by atoms with Gasteiger partial charge in [0.2, 0.25) is 5.91 Å². The van der Waals surface area contributed by atoms with Crippen LogP contribution < -0.4 is 10.1 Å². The van der Waals surface area contributed by atoms with Crippen LogP contribution in [0, 0.1) is 10.8 Å². The number of hydrogen-bond donors (Lipinski definition) is 3. The van der Waals surface area contributed by atoms with Crippen LogP contribution in [-0.2, 0) is 34.9 Å². The Kier molecular flexibility index (Phi) is 27.8. The maximum atomic E-state index is 12.5. The molecule has 2 rings (SSSR count). The molecule has 5 N–H and O–H groups in total. The normalized spacial score (nSPS) is 15.3. The first-order valence-corrected chi connectivity index (χ1v) is 15.8. The maximum absolute atomic E-state index is 12.5. The molecule has 0 bridgehead atoms. The summed E-state index contributed by atoms with van der Waals surface area (Å²) in [6, 6.07) is 4.88. The second kappa shape index (κ2) is 28.9. The molecule has 0 heterocycles. The molecule has 1 aliphatic rings. The van der Waals surface area contributed by atoms with E-state index in [0.717, 1.165) is 44.2 Å². The van der Waals surface area contributed by atoms with Crippen molar-refractivity contribution >= 4 is 17.8 Å². The van der Waals surface area contributed by atoms with Gasteiger partial charge in [0.05, 0.1) is 37.4 Å². The highest BCUT2D eigenvalue weighted by Crippen LogP contribution is 2.31. The van der Waals surface area contributed by atoms with Crippen molar-refractivity contribution in [3.8, 4) is 5.75 Å². The average Bonchev–Trinajstić information content (AvgIpc) is 3.43. The number of carbonyl (C=O) groups excluding carboxylic acids is 2. The molecule has 1 aromatic carbocycles. The number of benzene rings is 1. The lowest BCUT2D eigenvalue weighted by atomic mass is 10.1. The monoisotopic (exact) mass is 708 g/mol. The van der Waals surface area contributed by atoms with Gasteiger partial charge in [0.15, 0.2) is 5.34 Å². The molecule has 0 aromatic heterocycles. The SMILES string of the molecule is C/C=C\CCCC(=O)OC(C)C.O.O=NOCCOCC(=O)NCCC(=O)O.OC1CCCC1/C=C/CCOc1cccc(C(F)(F)F)c1. The van der Waals surface area contributed by atoms with Crippen molar-refractivity contribution in [3.05, 3.63) is 59.0 Å². The smallest absolute Gasteiger partial charge is 0.416 e. The maximum Gasteiger partial charge on any atom is 0.416 e. The predicted molar refractivity (Wildman–Crippen MR) is 175 cm³/mol. The number of aliphatic carboxylic acids is 1. The van der Waals surface area contributed by atoms with Crippen LogP contribution in [0.15, 0.2) is 53.9 Å². The standard InChI is InChI=1S/C16H19F3O2.C10H18O2.C7H12N2O6.H2O/c17-16(18,19)13-7-4-8-14(11-13)21-10-2-1-5-12-6-3-9-15(12)20;1-4-5-6-7-8-10(11)12-9(2)3;10-6(8-2-1-7(11)12)5-14-3-4-15-9-13;/h1,4-5,7-8,11-12,15,20H,2-3,6,9-10H2;4-5,9H,6-8H2,1-3H3;1-5H2,(H,8,10)(H,11,12);1H2/b5-1+;5-4-;;. The Morgan fingerprint density at radius 2 is 1.82 bits per heavy atom. The van der Waals surface area contributed by atoms with E-state index in [1.54, 1.807) is 0 Å². The number of aliphatic hydroxyl groups is 1. The highest BCUT2D eigenvalue weighted by Gasteiger charge is 2.30. The number of hydrogen-bond acceptors (Lipinski definition) is 10. The van der Waals surface area contributed by atoms with Crippen LogP contribution >= 0.6 is 0 Å². The Morgan fingerprint density at radius 3 is 2.41 bits per heavy atom. The Labute approximate surface area is 285 Å². The molecule has 1 fully saturated rings. The fourth-order valence-corrected chi connectivity index (χ4v) is 3.98. The molecule has 1 aliphatic carbocycles. The van der Waals surface area contributed by atoms with Gasteiger partial charge in [0.25, 0.3) is 0 Å². The molecule has 1 amide bonds. The third kappa shape index (κ3) is 27.6. The molecule has 0 saturated heterocycles. The van der Waals surface area contributed by atoms with E-state index in [0.29, 0.717) is 19.4 Å². The number of nitrogens with one attached hydrogen (secondary N) is 1. The van der Waals surface area contributed by atoms with Crippen molar-refractivity contribution in [1.82, 2.24) is 5.32 Å². The number of halogens is 3. The lowest BCUT2D eigenvalue weighted by Crippen LogP contribution is -2.30. The largest absolute Gasteiger partial charge is 0.493 e. The number of unbranched alkanes of at least 4 members (excludes halogenated alkanes) is 1. The molecule has 16 heteroatoms. The highest BCUT2D eigenvalue weighted by atomic mass is 19.4. The minimum Gasteiger partial charge on any atom is -0.493 e. The van der Waals surface area contributed by atoms with Crippen LogP contribution in [0.4, 0.5) is 13.2 Å². The molecule has 0 radical (unpaired) electrons. The van der Waals surface area contributed by atoms with Crippen LogP contribution in [0.3, 0.4) is 0 Å². The van der Waals surface area contributed by atoms with Gasteiger partial charge in [-0.1, -0.05) is 36.8 Å². The van der Waals surface area contributed by atoms with E-state index in [1.807, 2.05) is 39.0 Å². The first kappa shape index (κ1) is 47.1. The van der Waals surface area contributed by atoms with Gasteiger partial charge < -0.3 is 40.1 Å². The summed E-state index contributed by atoms with van der Waals surface area (Å²) in [5.74, 6) is -1.07. The van der Waals surface area contributed by atoms with E-state index < -0.39 is 23.6 Å². The van der Waals surface area contributed by atoms with Gasteiger partial charge in [-0.3, -0.25) is 14.4 Å². The van der Waals surface area contributed by atoms with E-state index in [1.165, 1.54) is 12.1 Å². The number of alkyl halides is 3. The minimum atomic E-state index is -4.35. The number of aliphatic hydroxyl groups excluding tert-OH is 1. The van der Waals surface area contributed by atoms with Gasteiger partial charge in [0.1, 0.15) is 19.0 Å². The van der Waals surface area contributed by atoms with Gasteiger partial charge in [-0.25, -0.2) is 0 Å². The molecule has 2 unspecified atom stereocenters. The summed E-state index contributed by atoms with van der Waals surface area (Å²) in [5, 5.41) is 22.4. The number of rotatable bonds is 19. The van der Waals surface area contributed by atoms with E-state index in [9.17, 15) is 37.6 Å². The van der Waals surface area contributed by atoms with E-state index in [-0.39, 0.29) is 68.1 Å². The summed E-state index contributed by atoms with van der Waals surface area (Å²) in [6.07, 6.45) is 9.09. The average molecular weight is 709 g/mol. The number of amides is 1. The van der Waals surface area contributed by atoms with Crippen molar-refractivity contribution in [2.75, 3.05) is 33.0 Å². The Bertz CT molecular complexity index is 1120. The van der Waals surface area contributed by atoms with Gasteiger partial charge >= 0.3 is 18.1 Å². The Morgan fingerprint density at radius 1 is 1.08 bits per heavy atom. The third-order valence-corrected chi connectivity index (χ3v) is 6.25. The summed E-state index contributed by atoms with van der Waals surface area (Å²) in [7, 11) is 0. The fraction of sp³-hybridized carbons (Fsp3) is 0.606. The fourth-order valence-electron chi connectivity index (χ4n) is 3.98. The Hall–Kier alpha value is -4.02. The van der Waals surface area contributed by atoms with Crippen LogP contribution in [0.5, 0.6) is 5.75 Å². The topological polar surface area (TPSA) is 202 Å². The van der Waals surface area contributed by atoms with E-state index in [2.05, 4.69) is 21.6 Å². The quantitative estimate of drug-likeness (QED) is 0.0553. The van der Waals surface area contributed by atoms with Crippen LogP contribution in [0.25, 0.3) is 0 Å². The Balaban J connectivity index is 0. The van der Waals surface area contributed by atoms with Crippen LogP contribution in [0.1, 0.15) is 77.7 Å². The van der Waals surface area contributed by atoms with E-state index >= 15 is 0 Å². The second-order valence-electron chi connectivity index (χ2n) is 10.7. The van der Waals surface area contributed by atoms with Crippen molar-refractivity contribution in [2.24, 2.45) is 11.3 Å². The molecular formula is C33H51F3N2O11. The molecule has 2 atom stereocenters. The van der Waals surface area contributed by atoms with Crippen molar-refractivity contribution < 1.29 is 62.3 Å². The number of allylic oxidation sites excluding steroid dienone is 2. The lowest BCUT2D eigenvalue weighted by Gasteiger charge is -2.10. The minimum absolute atomic E-state index is 0. The predicted octanol–water partition coefficient (Wildman–Crippen LogP) is 5.34. The molecule has 0 spiro atoms. The van der Waals surface area contributed by atoms with Gasteiger partial charge in [-0.2, -0.15) is 13.2 Å². The number of nitrogens with zero attached hydrogens (tertiary/aromatic N) is 1. The number of ether oxygens (including phenoxy) is 3. The zero-order valence-electron chi connectivity index (χ0n) is 28.3. The zero-order chi connectivity index (χ0) is 36.2. The number of carboxylic acid groups (broad SMARTS) is 1. The molecule has 49 heavy (non-hydrogen) atoms. The number of carbonyl (C=O) groups is 3. The first-order valence-electron chi connectivity index (χ1n) is 15.8. The summed E-state index contributed by atoms with van der Waals surface area (Å²) in [4.78, 5) is 45.5. The molecule has 13 nitrogen and oxygen atoms in total. The van der Waals surface area contributed by atoms with Gasteiger partial charge in [-0.05, 0) is 71.1 Å². The highest BCUT2D eigenvalue weighted by molar-refractivity contribution is 5.77. The van der Waals surface area contributed by atoms with Crippen molar-refractivity contribution in [2.45, 2.75) is 90.5 Å². The zero-order valence-corrected chi connectivity index (χ0v) is 28.3. The first-order chi connectivity index (χ1) is 22.8. The summed E-state index contributed by atoms with van der Waals surface area (Å²) in [6.45, 7) is 5.93. The van der Waals surface area contributed by atoms with Crippen molar-refractivity contribution in [3.63, 3.8) is 0 Å². The summed E-state index contributed by atoms with van der Waals surface area (Å²) >= 11 is 0. The van der Waals surface area contributed by atoms with Crippen molar-refractivity contribution in [1.29, 1.82) is 0 Å². The van der Waals surface area contributed by atoms with Gasteiger partial charge in [0, 0.05) is 18.9 Å². The number of esters is 1.